The van der Waals surface area contributed by atoms with Crippen LogP contribution >= 0.6 is 0 Å². The largest absolute Gasteiger partial charge is 0.310 e. The van der Waals surface area contributed by atoms with Gasteiger partial charge in [-0.3, -0.25) is 0 Å². The van der Waals surface area contributed by atoms with Crippen LogP contribution in [0.4, 0.5) is 17.1 Å². The van der Waals surface area contributed by atoms with Crippen LogP contribution in [-0.2, 0) is 27.1 Å². The Balaban J connectivity index is 1.26. The van der Waals surface area contributed by atoms with Crippen molar-refractivity contribution in [2.45, 2.75) is 108 Å². The van der Waals surface area contributed by atoms with Crippen LogP contribution in [0.15, 0.2) is 152 Å². The summed E-state index contributed by atoms with van der Waals surface area (Å²) < 4.78 is 0. The summed E-state index contributed by atoms with van der Waals surface area (Å²) in [6.07, 6.45) is 4.75. The van der Waals surface area contributed by atoms with E-state index in [-0.39, 0.29) is 21.7 Å². The second-order valence-corrected chi connectivity index (χ2v) is 21.0. The van der Waals surface area contributed by atoms with E-state index in [1.807, 2.05) is 0 Å². The molecule has 0 atom stereocenters. The molecular weight excluding hydrogens is 723 g/mol. The van der Waals surface area contributed by atoms with Gasteiger partial charge < -0.3 is 4.90 Å². The molecule has 0 heterocycles. The van der Waals surface area contributed by atoms with E-state index in [1.54, 1.807) is 0 Å². The smallest absolute Gasteiger partial charge is 0.0726 e. The SMILES string of the molecule is CC1(C)CCC(C)(C)c2cc(-c3cc4c(cc3N(c3ccccc3)c3ccc5c(c3)C(C)(C)CCC5(C)C)C3(c5ccccc5-c5ccccc53)c3ccccc3-4)ccc21. The van der Waals surface area contributed by atoms with Crippen molar-refractivity contribution in [3.8, 4) is 33.4 Å². The molecule has 0 saturated carbocycles. The molecule has 1 spiro atoms. The van der Waals surface area contributed by atoms with Gasteiger partial charge in [-0.05, 0) is 156 Å². The lowest BCUT2D eigenvalue weighted by atomic mass is 9.63. The maximum Gasteiger partial charge on any atom is 0.0726 e. The molecule has 0 amide bonds. The molecule has 0 unspecified atom stereocenters. The van der Waals surface area contributed by atoms with Gasteiger partial charge in [-0.25, -0.2) is 0 Å². The lowest BCUT2D eigenvalue weighted by Gasteiger charge is -2.43. The van der Waals surface area contributed by atoms with Crippen LogP contribution in [0, 0.1) is 0 Å². The lowest BCUT2D eigenvalue weighted by Crippen LogP contribution is -2.34. The number of benzene rings is 7. The van der Waals surface area contributed by atoms with Crippen molar-refractivity contribution < 1.29 is 0 Å². The Labute approximate surface area is 358 Å². The van der Waals surface area contributed by atoms with Gasteiger partial charge in [0.25, 0.3) is 0 Å². The molecule has 0 radical (unpaired) electrons. The monoisotopic (exact) mass is 779 g/mol. The molecule has 11 rings (SSSR count). The van der Waals surface area contributed by atoms with Crippen LogP contribution in [0.5, 0.6) is 0 Å². The number of fused-ring (bicyclic) bond motifs is 12. The zero-order valence-electron chi connectivity index (χ0n) is 36.7. The Hall–Kier alpha value is -5.66. The topological polar surface area (TPSA) is 3.24 Å². The normalized spacial score (nSPS) is 18.7. The van der Waals surface area contributed by atoms with Crippen LogP contribution in [0.2, 0.25) is 0 Å². The molecule has 298 valence electrons. The van der Waals surface area contributed by atoms with Gasteiger partial charge >= 0.3 is 0 Å². The summed E-state index contributed by atoms with van der Waals surface area (Å²) in [6, 6.07) is 58.8. The number of nitrogens with zero attached hydrogens (tertiary/aromatic N) is 1. The van der Waals surface area contributed by atoms with Gasteiger partial charge in [-0.15, -0.1) is 0 Å². The van der Waals surface area contributed by atoms with E-state index < -0.39 is 5.41 Å². The average molecular weight is 780 g/mol. The fourth-order valence-corrected chi connectivity index (χ4v) is 12.0. The van der Waals surface area contributed by atoms with E-state index in [9.17, 15) is 0 Å². The fraction of sp³-hybridized carbons (Fsp3) is 0.288. The highest BCUT2D eigenvalue weighted by molar-refractivity contribution is 6.00. The van der Waals surface area contributed by atoms with Gasteiger partial charge in [0.2, 0.25) is 0 Å². The summed E-state index contributed by atoms with van der Waals surface area (Å²) in [5.74, 6) is 0. The van der Waals surface area contributed by atoms with E-state index in [4.69, 9.17) is 0 Å². The summed E-state index contributed by atoms with van der Waals surface area (Å²) in [6.45, 7) is 19.5. The number of hydrogen-bond acceptors (Lipinski definition) is 1. The van der Waals surface area contributed by atoms with E-state index in [1.165, 1.54) is 121 Å². The first kappa shape index (κ1) is 37.3. The molecule has 7 aromatic carbocycles. The van der Waals surface area contributed by atoms with Gasteiger partial charge in [-0.1, -0.05) is 171 Å². The van der Waals surface area contributed by atoms with Crippen molar-refractivity contribution in [2.24, 2.45) is 0 Å². The quantitative estimate of drug-likeness (QED) is 0.172. The van der Waals surface area contributed by atoms with Crippen LogP contribution in [0.25, 0.3) is 33.4 Å². The number of anilines is 3. The van der Waals surface area contributed by atoms with Crippen molar-refractivity contribution in [3.63, 3.8) is 0 Å². The molecule has 0 saturated heterocycles. The Bertz CT molecular complexity index is 2840. The van der Waals surface area contributed by atoms with Gasteiger partial charge in [-0.2, -0.15) is 0 Å². The molecule has 4 aliphatic rings. The van der Waals surface area contributed by atoms with Crippen molar-refractivity contribution >= 4 is 17.1 Å². The number of rotatable bonds is 4. The van der Waals surface area contributed by atoms with Crippen LogP contribution in [0.1, 0.15) is 126 Å². The summed E-state index contributed by atoms with van der Waals surface area (Å²) in [5.41, 5.74) is 22.9. The Morgan fingerprint density at radius 3 is 1.32 bits per heavy atom. The molecule has 0 aliphatic heterocycles. The van der Waals surface area contributed by atoms with Crippen molar-refractivity contribution in [3.05, 3.63) is 196 Å². The number of para-hydroxylation sites is 1. The van der Waals surface area contributed by atoms with E-state index >= 15 is 0 Å². The Kier molecular flexibility index (Phi) is 7.89. The first-order chi connectivity index (χ1) is 28.7. The molecule has 60 heavy (non-hydrogen) atoms. The predicted molar refractivity (Wildman–Crippen MR) is 253 cm³/mol. The van der Waals surface area contributed by atoms with E-state index in [2.05, 4.69) is 212 Å². The number of hydrogen-bond donors (Lipinski definition) is 0. The van der Waals surface area contributed by atoms with Crippen molar-refractivity contribution in [1.82, 2.24) is 0 Å². The molecule has 1 heteroatoms. The summed E-state index contributed by atoms with van der Waals surface area (Å²) >= 11 is 0. The molecular formula is C59H57N. The summed E-state index contributed by atoms with van der Waals surface area (Å²) in [7, 11) is 0. The highest BCUT2D eigenvalue weighted by Crippen LogP contribution is 2.64. The minimum Gasteiger partial charge on any atom is -0.310 e. The van der Waals surface area contributed by atoms with Crippen molar-refractivity contribution in [2.75, 3.05) is 4.90 Å². The van der Waals surface area contributed by atoms with Gasteiger partial charge in [0, 0.05) is 16.9 Å². The molecule has 0 fully saturated rings. The highest BCUT2D eigenvalue weighted by atomic mass is 15.1. The minimum absolute atomic E-state index is 0.0732. The second-order valence-electron chi connectivity index (χ2n) is 21.0. The molecule has 0 N–H and O–H groups in total. The third-order valence-corrected chi connectivity index (χ3v) is 15.6. The van der Waals surface area contributed by atoms with Crippen LogP contribution in [-0.4, -0.2) is 0 Å². The predicted octanol–water partition coefficient (Wildman–Crippen LogP) is 15.9. The van der Waals surface area contributed by atoms with Gasteiger partial charge in [0.05, 0.1) is 11.1 Å². The Morgan fingerprint density at radius 2 is 0.767 bits per heavy atom. The third-order valence-electron chi connectivity index (χ3n) is 15.6. The maximum absolute atomic E-state index is 2.61. The first-order valence-electron chi connectivity index (χ1n) is 22.4. The zero-order valence-corrected chi connectivity index (χ0v) is 36.7. The third kappa shape index (κ3) is 5.17. The first-order valence-corrected chi connectivity index (χ1v) is 22.4. The fourth-order valence-electron chi connectivity index (χ4n) is 12.0. The molecule has 0 aromatic heterocycles. The lowest BCUT2D eigenvalue weighted by molar-refractivity contribution is 0.332. The molecule has 0 bridgehead atoms. The van der Waals surface area contributed by atoms with Crippen molar-refractivity contribution in [1.29, 1.82) is 0 Å². The summed E-state index contributed by atoms with van der Waals surface area (Å²) in [4.78, 5) is 2.59. The summed E-state index contributed by atoms with van der Waals surface area (Å²) in [5, 5.41) is 0. The average Bonchev–Trinajstić information content (AvgIpc) is 3.71. The van der Waals surface area contributed by atoms with Gasteiger partial charge in [0.15, 0.2) is 0 Å². The maximum atomic E-state index is 2.61. The molecule has 7 aromatic rings. The molecule has 1 nitrogen and oxygen atoms in total. The van der Waals surface area contributed by atoms with E-state index in [0.29, 0.717) is 0 Å². The Morgan fingerprint density at radius 1 is 0.317 bits per heavy atom. The second kappa shape index (κ2) is 12.7. The standard InChI is InChI=1S/C59H57N/c1-55(2)30-32-57(5,6)52-34-38(26-28-49(52)55)44-36-45-43-22-14-17-25-48(43)59(46-23-15-12-20-41(46)42-21-13-16-24-47(42)59)51(45)37-54(44)60(39-18-10-9-11-19-39)40-27-29-50-53(35-40)58(7,8)33-31-56(50,3)4/h9-29,34-37H,30-33H2,1-8H3. The van der Waals surface area contributed by atoms with Crippen LogP contribution in [0.3, 0.4) is 0 Å². The minimum atomic E-state index is -0.446. The highest BCUT2D eigenvalue weighted by Gasteiger charge is 2.52. The molecule has 4 aliphatic carbocycles. The zero-order chi connectivity index (χ0) is 41.4. The van der Waals surface area contributed by atoms with Crippen LogP contribution < -0.4 is 4.90 Å². The van der Waals surface area contributed by atoms with E-state index in [0.717, 1.165) is 0 Å². The van der Waals surface area contributed by atoms with Gasteiger partial charge in [0.1, 0.15) is 0 Å².